The average molecular weight is 253 g/mol. The van der Waals surface area contributed by atoms with Crippen LogP contribution in [0, 0.1) is 5.82 Å². The Bertz CT molecular complexity index is 533. The van der Waals surface area contributed by atoms with Gasteiger partial charge in [-0.2, -0.15) is 0 Å². The number of benzene rings is 1. The van der Waals surface area contributed by atoms with Crippen molar-refractivity contribution in [2.75, 3.05) is 17.7 Å². The molecule has 0 atom stereocenters. The molecular weight excluding hydrogens is 243 g/mol. The second-order valence-corrected chi connectivity index (χ2v) is 3.72. The van der Waals surface area contributed by atoms with E-state index in [4.69, 9.17) is 11.6 Å². The molecule has 0 radical (unpaired) electrons. The van der Waals surface area contributed by atoms with Gasteiger partial charge in [0.15, 0.2) is 0 Å². The van der Waals surface area contributed by atoms with Crippen molar-refractivity contribution in [1.82, 2.24) is 9.97 Å². The summed E-state index contributed by atoms with van der Waals surface area (Å²) >= 11 is 5.66. The Kier molecular flexibility index (Phi) is 3.39. The summed E-state index contributed by atoms with van der Waals surface area (Å²) in [7, 11) is 1.75. The molecule has 0 aliphatic heterocycles. The standard InChI is InChI=1S/C11H10ClFN4/c1-14-10-5-11(16-6-15-10)17-9-3-2-7(12)4-8(9)13/h2-6H,1H3,(H2,14,15,16,17). The molecule has 0 saturated heterocycles. The predicted octanol–water partition coefficient (Wildman–Crippen LogP) is 3.05. The maximum absolute atomic E-state index is 13.5. The van der Waals surface area contributed by atoms with E-state index in [-0.39, 0.29) is 0 Å². The number of hydrogen-bond donors (Lipinski definition) is 2. The van der Waals surface area contributed by atoms with E-state index in [0.29, 0.717) is 22.3 Å². The third kappa shape index (κ3) is 2.82. The molecule has 1 aromatic carbocycles. The second kappa shape index (κ2) is 4.97. The van der Waals surface area contributed by atoms with Crippen LogP contribution in [0.2, 0.25) is 5.02 Å². The Hall–Kier alpha value is -1.88. The van der Waals surface area contributed by atoms with Crippen LogP contribution >= 0.6 is 11.6 Å². The maximum atomic E-state index is 13.5. The Labute approximate surface area is 103 Å². The molecule has 0 unspecified atom stereocenters. The van der Waals surface area contributed by atoms with E-state index in [2.05, 4.69) is 20.6 Å². The van der Waals surface area contributed by atoms with Crippen molar-refractivity contribution in [3.8, 4) is 0 Å². The highest BCUT2D eigenvalue weighted by Gasteiger charge is 2.04. The first-order valence-electron chi connectivity index (χ1n) is 4.91. The summed E-state index contributed by atoms with van der Waals surface area (Å²) in [6.07, 6.45) is 1.39. The number of anilines is 3. The quantitative estimate of drug-likeness (QED) is 0.882. The monoisotopic (exact) mass is 252 g/mol. The number of hydrogen-bond acceptors (Lipinski definition) is 4. The fourth-order valence-electron chi connectivity index (χ4n) is 1.29. The first-order valence-corrected chi connectivity index (χ1v) is 5.28. The van der Waals surface area contributed by atoms with Crippen LogP contribution in [-0.2, 0) is 0 Å². The van der Waals surface area contributed by atoms with Gasteiger partial charge in [-0.3, -0.25) is 0 Å². The Balaban J connectivity index is 2.25. The first kappa shape index (κ1) is 11.6. The van der Waals surface area contributed by atoms with Crippen molar-refractivity contribution in [2.45, 2.75) is 0 Å². The van der Waals surface area contributed by atoms with Gasteiger partial charge in [-0.1, -0.05) is 11.6 Å². The summed E-state index contributed by atoms with van der Waals surface area (Å²) in [5.41, 5.74) is 0.315. The molecule has 2 N–H and O–H groups in total. The number of halogens is 2. The van der Waals surface area contributed by atoms with Gasteiger partial charge in [0.25, 0.3) is 0 Å². The van der Waals surface area contributed by atoms with Crippen molar-refractivity contribution in [3.05, 3.63) is 41.4 Å². The largest absolute Gasteiger partial charge is 0.373 e. The number of aromatic nitrogens is 2. The van der Waals surface area contributed by atoms with E-state index < -0.39 is 5.82 Å². The van der Waals surface area contributed by atoms with Crippen molar-refractivity contribution in [1.29, 1.82) is 0 Å². The highest BCUT2D eigenvalue weighted by Crippen LogP contribution is 2.22. The molecule has 2 rings (SSSR count). The van der Waals surface area contributed by atoms with Crippen molar-refractivity contribution in [2.24, 2.45) is 0 Å². The van der Waals surface area contributed by atoms with Gasteiger partial charge < -0.3 is 10.6 Å². The molecule has 1 aromatic heterocycles. The molecule has 4 nitrogen and oxygen atoms in total. The van der Waals surface area contributed by atoms with E-state index in [1.807, 2.05) is 0 Å². The van der Waals surface area contributed by atoms with Crippen LogP contribution in [0.4, 0.5) is 21.7 Å². The van der Waals surface area contributed by atoms with E-state index in [1.165, 1.54) is 12.4 Å². The van der Waals surface area contributed by atoms with Gasteiger partial charge in [-0.25, -0.2) is 14.4 Å². The molecule has 0 fully saturated rings. The molecule has 88 valence electrons. The zero-order valence-electron chi connectivity index (χ0n) is 9.04. The Morgan fingerprint density at radius 2 is 1.94 bits per heavy atom. The minimum absolute atomic E-state index is 0.315. The van der Waals surface area contributed by atoms with Gasteiger partial charge in [0, 0.05) is 18.1 Å². The minimum atomic E-state index is -0.429. The van der Waals surface area contributed by atoms with Crippen LogP contribution in [0.5, 0.6) is 0 Å². The van der Waals surface area contributed by atoms with Gasteiger partial charge >= 0.3 is 0 Å². The summed E-state index contributed by atoms with van der Waals surface area (Å²) < 4.78 is 13.5. The van der Waals surface area contributed by atoms with Gasteiger partial charge in [0.1, 0.15) is 23.8 Å². The molecule has 0 aliphatic rings. The molecule has 0 aliphatic carbocycles. The summed E-state index contributed by atoms with van der Waals surface area (Å²) in [5, 5.41) is 6.07. The highest BCUT2D eigenvalue weighted by molar-refractivity contribution is 6.30. The molecule has 1 heterocycles. The summed E-state index contributed by atoms with van der Waals surface area (Å²) in [5.74, 6) is 0.726. The lowest BCUT2D eigenvalue weighted by Crippen LogP contribution is -1.99. The Morgan fingerprint density at radius 3 is 2.65 bits per heavy atom. The zero-order chi connectivity index (χ0) is 12.3. The maximum Gasteiger partial charge on any atom is 0.148 e. The van der Waals surface area contributed by atoms with E-state index >= 15 is 0 Å². The number of nitrogens with one attached hydrogen (secondary N) is 2. The van der Waals surface area contributed by atoms with Gasteiger partial charge in [-0.05, 0) is 18.2 Å². The smallest absolute Gasteiger partial charge is 0.148 e. The molecule has 0 spiro atoms. The van der Waals surface area contributed by atoms with E-state index in [0.717, 1.165) is 0 Å². The third-order valence-corrected chi connectivity index (χ3v) is 2.35. The average Bonchev–Trinajstić information content (AvgIpc) is 2.33. The van der Waals surface area contributed by atoms with E-state index in [9.17, 15) is 4.39 Å². The van der Waals surface area contributed by atoms with Gasteiger partial charge in [-0.15, -0.1) is 0 Å². The third-order valence-electron chi connectivity index (χ3n) is 2.12. The lowest BCUT2D eigenvalue weighted by Gasteiger charge is -2.07. The molecule has 0 amide bonds. The topological polar surface area (TPSA) is 49.8 Å². The minimum Gasteiger partial charge on any atom is -0.373 e. The number of nitrogens with zero attached hydrogens (tertiary/aromatic N) is 2. The molecule has 0 saturated carbocycles. The lowest BCUT2D eigenvalue weighted by atomic mass is 10.3. The molecular formula is C11H10ClFN4. The van der Waals surface area contributed by atoms with Crippen molar-refractivity contribution in [3.63, 3.8) is 0 Å². The zero-order valence-corrected chi connectivity index (χ0v) is 9.79. The van der Waals surface area contributed by atoms with Crippen LogP contribution in [0.15, 0.2) is 30.6 Å². The SMILES string of the molecule is CNc1cc(Nc2ccc(Cl)cc2F)ncn1. The van der Waals surface area contributed by atoms with Gasteiger partial charge in [0.05, 0.1) is 5.69 Å². The van der Waals surface area contributed by atoms with Crippen LogP contribution in [0.25, 0.3) is 0 Å². The van der Waals surface area contributed by atoms with Crippen LogP contribution < -0.4 is 10.6 Å². The lowest BCUT2D eigenvalue weighted by molar-refractivity contribution is 0.632. The molecule has 0 bridgehead atoms. The molecule has 17 heavy (non-hydrogen) atoms. The van der Waals surface area contributed by atoms with E-state index in [1.54, 1.807) is 25.2 Å². The van der Waals surface area contributed by atoms with Crippen LogP contribution in [0.1, 0.15) is 0 Å². The Morgan fingerprint density at radius 1 is 1.18 bits per heavy atom. The molecule has 2 aromatic rings. The summed E-state index contributed by atoms with van der Waals surface area (Å²) in [6.45, 7) is 0. The van der Waals surface area contributed by atoms with Crippen molar-refractivity contribution < 1.29 is 4.39 Å². The second-order valence-electron chi connectivity index (χ2n) is 3.29. The van der Waals surface area contributed by atoms with Crippen LogP contribution in [0.3, 0.4) is 0 Å². The van der Waals surface area contributed by atoms with Crippen molar-refractivity contribution >= 4 is 28.9 Å². The fourth-order valence-corrected chi connectivity index (χ4v) is 1.45. The van der Waals surface area contributed by atoms with Crippen LogP contribution in [-0.4, -0.2) is 17.0 Å². The summed E-state index contributed by atoms with van der Waals surface area (Å²) in [4.78, 5) is 7.94. The van der Waals surface area contributed by atoms with Gasteiger partial charge in [0.2, 0.25) is 0 Å². The number of rotatable bonds is 3. The fraction of sp³-hybridized carbons (Fsp3) is 0.0909. The first-order chi connectivity index (χ1) is 8.19. The highest BCUT2D eigenvalue weighted by atomic mass is 35.5. The normalized spacial score (nSPS) is 10.1. The predicted molar refractivity (Wildman–Crippen MR) is 66.3 cm³/mol. The summed E-state index contributed by atoms with van der Waals surface area (Å²) in [6, 6.07) is 6.07. The molecule has 6 heteroatoms.